The summed E-state index contributed by atoms with van der Waals surface area (Å²) in [4.78, 5) is 10.2. The molecule has 0 aromatic heterocycles. The number of hydrogen-bond donors (Lipinski definition) is 0. The molecule has 0 N–H and O–H groups in total. The number of aldehydes is 1. The van der Waals surface area contributed by atoms with Gasteiger partial charge in [0, 0.05) is 12.5 Å². The van der Waals surface area contributed by atoms with Crippen LogP contribution < -0.4 is 0 Å². The van der Waals surface area contributed by atoms with Crippen molar-refractivity contribution in [3.63, 3.8) is 0 Å². The standard InChI is InChI=1S/C9H7F3O/c1-9(11,12)7-4-6(5-13)2-3-8(7)10/h2-5H,1H3. The SMILES string of the molecule is CC(F)(F)c1cc(C=O)ccc1F. The number of rotatable bonds is 2. The van der Waals surface area contributed by atoms with Gasteiger partial charge in [0.15, 0.2) is 0 Å². The third-order valence-corrected chi connectivity index (χ3v) is 1.60. The summed E-state index contributed by atoms with van der Waals surface area (Å²) in [5, 5.41) is 0. The summed E-state index contributed by atoms with van der Waals surface area (Å²) in [6.45, 7) is 0.583. The van der Waals surface area contributed by atoms with Crippen LogP contribution in [0.15, 0.2) is 18.2 Å². The molecule has 0 amide bonds. The summed E-state index contributed by atoms with van der Waals surface area (Å²) in [7, 11) is 0. The molecule has 0 unspecified atom stereocenters. The van der Waals surface area contributed by atoms with E-state index in [-0.39, 0.29) is 5.56 Å². The largest absolute Gasteiger partial charge is 0.298 e. The molecule has 1 nitrogen and oxygen atoms in total. The monoisotopic (exact) mass is 188 g/mol. The maximum atomic E-state index is 12.8. The van der Waals surface area contributed by atoms with E-state index < -0.39 is 17.3 Å². The molecule has 1 rings (SSSR count). The molecule has 0 saturated heterocycles. The first-order valence-corrected chi connectivity index (χ1v) is 3.58. The normalized spacial score (nSPS) is 11.4. The fourth-order valence-corrected chi connectivity index (χ4v) is 0.953. The Morgan fingerprint density at radius 3 is 2.46 bits per heavy atom. The van der Waals surface area contributed by atoms with Gasteiger partial charge in [-0.1, -0.05) is 0 Å². The van der Waals surface area contributed by atoms with Crippen molar-refractivity contribution in [1.29, 1.82) is 0 Å². The predicted molar refractivity (Wildman–Crippen MR) is 41.4 cm³/mol. The fraction of sp³-hybridized carbons (Fsp3) is 0.222. The van der Waals surface area contributed by atoms with Crippen molar-refractivity contribution in [3.05, 3.63) is 35.1 Å². The Balaban J connectivity index is 3.27. The fourth-order valence-electron chi connectivity index (χ4n) is 0.953. The first-order chi connectivity index (χ1) is 5.95. The van der Waals surface area contributed by atoms with Crippen molar-refractivity contribution in [2.75, 3.05) is 0 Å². The third kappa shape index (κ3) is 2.08. The van der Waals surface area contributed by atoms with Gasteiger partial charge in [0.25, 0.3) is 5.92 Å². The highest BCUT2D eigenvalue weighted by Crippen LogP contribution is 2.29. The Labute approximate surface area is 73.2 Å². The molecule has 0 aliphatic heterocycles. The molecule has 0 bridgehead atoms. The molecule has 0 spiro atoms. The number of benzene rings is 1. The van der Waals surface area contributed by atoms with Gasteiger partial charge in [-0.25, -0.2) is 13.2 Å². The van der Waals surface area contributed by atoms with Crippen LogP contribution in [-0.4, -0.2) is 6.29 Å². The van der Waals surface area contributed by atoms with E-state index in [4.69, 9.17) is 0 Å². The van der Waals surface area contributed by atoms with Crippen LogP contribution in [0, 0.1) is 5.82 Å². The molecule has 0 saturated carbocycles. The molecular formula is C9H7F3O. The van der Waals surface area contributed by atoms with Crippen molar-refractivity contribution in [1.82, 2.24) is 0 Å². The lowest BCUT2D eigenvalue weighted by molar-refractivity contribution is 0.0137. The highest BCUT2D eigenvalue weighted by atomic mass is 19.3. The van der Waals surface area contributed by atoms with Gasteiger partial charge in [-0.2, -0.15) is 0 Å². The number of carbonyl (C=O) groups excluding carboxylic acids is 1. The van der Waals surface area contributed by atoms with E-state index in [0.29, 0.717) is 13.2 Å². The van der Waals surface area contributed by atoms with Crippen molar-refractivity contribution in [2.24, 2.45) is 0 Å². The highest BCUT2D eigenvalue weighted by Gasteiger charge is 2.28. The van der Waals surface area contributed by atoms with Gasteiger partial charge < -0.3 is 0 Å². The molecule has 1 aromatic carbocycles. The predicted octanol–water partition coefficient (Wildman–Crippen LogP) is 2.75. The quantitative estimate of drug-likeness (QED) is 0.652. The summed E-state index contributed by atoms with van der Waals surface area (Å²) >= 11 is 0. The first-order valence-electron chi connectivity index (χ1n) is 3.58. The van der Waals surface area contributed by atoms with Gasteiger partial charge in [-0.05, 0) is 18.2 Å². The molecule has 0 aliphatic rings. The highest BCUT2D eigenvalue weighted by molar-refractivity contribution is 5.75. The molecule has 4 heteroatoms. The van der Waals surface area contributed by atoms with Crippen LogP contribution in [0.1, 0.15) is 22.8 Å². The van der Waals surface area contributed by atoms with Crippen molar-refractivity contribution >= 4 is 6.29 Å². The van der Waals surface area contributed by atoms with Crippen molar-refractivity contribution < 1.29 is 18.0 Å². The lowest BCUT2D eigenvalue weighted by Gasteiger charge is -2.11. The van der Waals surface area contributed by atoms with Gasteiger partial charge in [-0.3, -0.25) is 4.79 Å². The second kappa shape index (κ2) is 3.20. The lowest BCUT2D eigenvalue weighted by Crippen LogP contribution is -2.10. The molecule has 1 aromatic rings. The maximum absolute atomic E-state index is 12.8. The lowest BCUT2D eigenvalue weighted by atomic mass is 10.1. The van der Waals surface area contributed by atoms with Crippen LogP contribution in [0.5, 0.6) is 0 Å². The van der Waals surface area contributed by atoms with Crippen LogP contribution in [-0.2, 0) is 5.92 Å². The molecule has 0 radical (unpaired) electrons. The maximum Gasteiger partial charge on any atom is 0.273 e. The van der Waals surface area contributed by atoms with Crippen LogP contribution in [0.3, 0.4) is 0 Å². The molecule has 0 fully saturated rings. The van der Waals surface area contributed by atoms with Gasteiger partial charge in [0.1, 0.15) is 12.1 Å². The van der Waals surface area contributed by atoms with Crippen molar-refractivity contribution in [3.8, 4) is 0 Å². The minimum Gasteiger partial charge on any atom is -0.298 e. The summed E-state index contributed by atoms with van der Waals surface area (Å²) in [6.07, 6.45) is 0.397. The first kappa shape index (κ1) is 9.77. The molecular weight excluding hydrogens is 181 g/mol. The Bertz CT molecular complexity index is 328. The molecule has 0 heterocycles. The van der Waals surface area contributed by atoms with Gasteiger partial charge in [-0.15, -0.1) is 0 Å². The number of halogens is 3. The van der Waals surface area contributed by atoms with Crippen LogP contribution in [0.25, 0.3) is 0 Å². The Kier molecular flexibility index (Phi) is 2.40. The molecule has 13 heavy (non-hydrogen) atoms. The van der Waals surface area contributed by atoms with Crippen LogP contribution in [0.4, 0.5) is 13.2 Å². The minimum absolute atomic E-state index is 0.0397. The van der Waals surface area contributed by atoms with E-state index in [0.717, 1.165) is 18.2 Å². The Hall–Kier alpha value is -1.32. The molecule has 0 atom stereocenters. The number of hydrogen-bond acceptors (Lipinski definition) is 1. The van der Waals surface area contributed by atoms with Crippen LogP contribution in [0.2, 0.25) is 0 Å². The Morgan fingerprint density at radius 2 is 2.00 bits per heavy atom. The summed E-state index contributed by atoms with van der Waals surface area (Å²) in [6, 6.07) is 2.86. The van der Waals surface area contributed by atoms with E-state index in [1.165, 1.54) is 0 Å². The van der Waals surface area contributed by atoms with Gasteiger partial charge in [0.05, 0.1) is 5.56 Å². The number of carbonyl (C=O) groups is 1. The summed E-state index contributed by atoms with van der Waals surface area (Å²) in [5.74, 6) is -4.26. The molecule has 0 aliphatic carbocycles. The topological polar surface area (TPSA) is 17.1 Å². The Morgan fingerprint density at radius 1 is 1.38 bits per heavy atom. The van der Waals surface area contributed by atoms with E-state index in [9.17, 15) is 18.0 Å². The minimum atomic E-state index is -3.26. The average molecular weight is 188 g/mol. The number of alkyl halides is 2. The second-order valence-electron chi connectivity index (χ2n) is 2.75. The van der Waals surface area contributed by atoms with Crippen LogP contribution >= 0.6 is 0 Å². The van der Waals surface area contributed by atoms with Crippen molar-refractivity contribution in [2.45, 2.75) is 12.8 Å². The van der Waals surface area contributed by atoms with E-state index >= 15 is 0 Å². The molecule has 70 valence electrons. The average Bonchev–Trinajstić information content (AvgIpc) is 2.03. The third-order valence-electron chi connectivity index (χ3n) is 1.60. The summed E-state index contributed by atoms with van der Waals surface area (Å²) < 4.78 is 38.2. The smallest absolute Gasteiger partial charge is 0.273 e. The zero-order chi connectivity index (χ0) is 10.1. The zero-order valence-corrected chi connectivity index (χ0v) is 6.85. The van der Waals surface area contributed by atoms with Gasteiger partial charge >= 0.3 is 0 Å². The van der Waals surface area contributed by atoms with E-state index in [1.807, 2.05) is 0 Å². The second-order valence-corrected chi connectivity index (χ2v) is 2.75. The van der Waals surface area contributed by atoms with E-state index in [1.54, 1.807) is 0 Å². The van der Waals surface area contributed by atoms with E-state index in [2.05, 4.69) is 0 Å². The van der Waals surface area contributed by atoms with Gasteiger partial charge in [0.2, 0.25) is 0 Å². The summed E-state index contributed by atoms with van der Waals surface area (Å²) in [5.41, 5.74) is -0.713. The zero-order valence-electron chi connectivity index (χ0n) is 6.85.